The highest BCUT2D eigenvalue weighted by molar-refractivity contribution is 9.08. The number of pyridine rings is 1. The van der Waals surface area contributed by atoms with Gasteiger partial charge in [-0.15, -0.1) is 0 Å². The number of nitrogens with zero attached hydrogens (tertiary/aromatic N) is 2. The maximum atomic E-state index is 12.7. The number of esters is 1. The second-order valence-electron chi connectivity index (χ2n) is 3.33. The van der Waals surface area contributed by atoms with Crippen LogP contribution in [0.25, 0.3) is 0 Å². The number of hydrogen-bond donors (Lipinski definition) is 0. The standard InChI is InChI=1S/C11H9BrF2N2O2/c1-18-9(17)3-6-2-7(5-15)10(11(13)14)16-8(6)4-12/h2,11H,3-4H2,1H3. The van der Waals surface area contributed by atoms with Gasteiger partial charge in [0.05, 0.1) is 24.8 Å². The van der Waals surface area contributed by atoms with Crippen molar-refractivity contribution in [1.82, 2.24) is 4.98 Å². The van der Waals surface area contributed by atoms with Crippen molar-refractivity contribution in [1.29, 1.82) is 5.26 Å². The minimum atomic E-state index is -2.83. The lowest BCUT2D eigenvalue weighted by Gasteiger charge is -2.09. The highest BCUT2D eigenvalue weighted by Crippen LogP contribution is 2.24. The molecule has 0 saturated carbocycles. The number of carbonyl (C=O) groups excluding carboxylic acids is 1. The van der Waals surface area contributed by atoms with Gasteiger partial charge in [0.25, 0.3) is 6.43 Å². The summed E-state index contributed by atoms with van der Waals surface area (Å²) < 4.78 is 29.8. The van der Waals surface area contributed by atoms with E-state index in [-0.39, 0.29) is 17.3 Å². The normalized spacial score (nSPS) is 10.2. The van der Waals surface area contributed by atoms with Crippen molar-refractivity contribution < 1.29 is 18.3 Å². The second kappa shape index (κ2) is 6.40. The molecule has 0 fully saturated rings. The summed E-state index contributed by atoms with van der Waals surface area (Å²) in [4.78, 5) is 14.9. The second-order valence-corrected chi connectivity index (χ2v) is 3.89. The molecule has 4 nitrogen and oxygen atoms in total. The van der Waals surface area contributed by atoms with Crippen LogP contribution in [-0.2, 0) is 21.3 Å². The average Bonchev–Trinajstić information content (AvgIpc) is 2.37. The van der Waals surface area contributed by atoms with Gasteiger partial charge in [0.1, 0.15) is 11.8 Å². The summed E-state index contributed by atoms with van der Waals surface area (Å²) in [6.07, 6.45) is -2.94. The lowest BCUT2D eigenvalue weighted by atomic mass is 10.1. The smallest absolute Gasteiger partial charge is 0.310 e. The Hall–Kier alpha value is -1.55. The minimum absolute atomic E-state index is 0.109. The third-order valence-corrected chi connectivity index (χ3v) is 2.77. The van der Waals surface area contributed by atoms with Gasteiger partial charge in [-0.05, 0) is 11.6 Å². The number of carbonyl (C=O) groups is 1. The SMILES string of the molecule is COC(=O)Cc1cc(C#N)c(C(F)F)nc1CBr. The summed E-state index contributed by atoms with van der Waals surface area (Å²) in [5.74, 6) is -0.521. The van der Waals surface area contributed by atoms with Gasteiger partial charge in [0.15, 0.2) is 0 Å². The molecular formula is C11H9BrF2N2O2. The van der Waals surface area contributed by atoms with E-state index in [0.29, 0.717) is 11.3 Å². The predicted octanol–water partition coefficient (Wildman–Crippen LogP) is 2.50. The van der Waals surface area contributed by atoms with Crippen LogP contribution in [0.2, 0.25) is 0 Å². The van der Waals surface area contributed by atoms with E-state index in [1.807, 2.05) is 0 Å². The fourth-order valence-corrected chi connectivity index (χ4v) is 1.85. The fraction of sp³-hybridized carbons (Fsp3) is 0.364. The zero-order valence-corrected chi connectivity index (χ0v) is 11.0. The lowest BCUT2D eigenvalue weighted by molar-refractivity contribution is -0.139. The Morgan fingerprint density at radius 3 is 2.78 bits per heavy atom. The first-order valence-electron chi connectivity index (χ1n) is 4.87. The predicted molar refractivity (Wildman–Crippen MR) is 62.3 cm³/mol. The highest BCUT2D eigenvalue weighted by Gasteiger charge is 2.19. The molecule has 0 unspecified atom stereocenters. The first-order valence-corrected chi connectivity index (χ1v) is 5.99. The Morgan fingerprint density at radius 2 is 2.33 bits per heavy atom. The molecule has 0 aromatic carbocycles. The summed E-state index contributed by atoms with van der Waals surface area (Å²) in [5.41, 5.74) is -0.0939. The summed E-state index contributed by atoms with van der Waals surface area (Å²) in [6.45, 7) is 0. The van der Waals surface area contributed by atoms with Crippen LogP contribution in [0.4, 0.5) is 8.78 Å². The molecule has 0 saturated heterocycles. The molecule has 7 heteroatoms. The van der Waals surface area contributed by atoms with Crippen molar-refractivity contribution in [3.8, 4) is 6.07 Å². The van der Waals surface area contributed by atoms with Crippen molar-refractivity contribution in [2.45, 2.75) is 18.2 Å². The number of hydrogen-bond acceptors (Lipinski definition) is 4. The van der Waals surface area contributed by atoms with Crippen LogP contribution in [0.3, 0.4) is 0 Å². The summed E-state index contributed by atoms with van der Waals surface area (Å²) in [7, 11) is 1.22. The van der Waals surface area contributed by atoms with Gasteiger partial charge < -0.3 is 4.74 Å². The van der Waals surface area contributed by atoms with Gasteiger partial charge in [0.2, 0.25) is 0 Å². The molecule has 0 N–H and O–H groups in total. The molecule has 96 valence electrons. The Bertz CT molecular complexity index is 501. The van der Waals surface area contributed by atoms with Crippen molar-refractivity contribution in [3.63, 3.8) is 0 Å². The van der Waals surface area contributed by atoms with Crippen molar-refractivity contribution >= 4 is 21.9 Å². The van der Waals surface area contributed by atoms with Crippen LogP contribution in [0.1, 0.15) is 28.9 Å². The molecule has 0 radical (unpaired) electrons. The molecule has 0 bridgehead atoms. The van der Waals surface area contributed by atoms with E-state index in [2.05, 4.69) is 25.7 Å². The summed E-state index contributed by atoms with van der Waals surface area (Å²) in [6, 6.07) is 2.90. The number of rotatable bonds is 4. The van der Waals surface area contributed by atoms with E-state index in [0.717, 1.165) is 0 Å². The molecule has 18 heavy (non-hydrogen) atoms. The van der Waals surface area contributed by atoms with Crippen LogP contribution in [0.5, 0.6) is 0 Å². The molecule has 0 aliphatic carbocycles. The largest absolute Gasteiger partial charge is 0.469 e. The molecule has 0 aliphatic heterocycles. The van der Waals surface area contributed by atoms with Gasteiger partial charge in [0, 0.05) is 5.33 Å². The number of methoxy groups -OCH3 is 1. The van der Waals surface area contributed by atoms with Crippen LogP contribution < -0.4 is 0 Å². The molecule has 0 amide bonds. The Labute approximate surface area is 111 Å². The van der Waals surface area contributed by atoms with Crippen LogP contribution in [-0.4, -0.2) is 18.1 Å². The summed E-state index contributed by atoms with van der Waals surface area (Å²) in [5, 5.41) is 9.01. The number of nitriles is 1. The zero-order chi connectivity index (χ0) is 13.7. The number of ether oxygens (including phenoxy) is 1. The van der Waals surface area contributed by atoms with Gasteiger partial charge >= 0.3 is 5.97 Å². The van der Waals surface area contributed by atoms with Crippen LogP contribution in [0, 0.1) is 11.3 Å². The Kier molecular flexibility index (Phi) is 5.16. The van der Waals surface area contributed by atoms with Gasteiger partial charge in [-0.2, -0.15) is 5.26 Å². The molecule has 1 rings (SSSR count). The maximum Gasteiger partial charge on any atom is 0.310 e. The Balaban J connectivity index is 3.27. The van der Waals surface area contributed by atoms with E-state index in [9.17, 15) is 13.6 Å². The molecule has 0 aliphatic rings. The third kappa shape index (κ3) is 3.23. The topological polar surface area (TPSA) is 63.0 Å². The van der Waals surface area contributed by atoms with Crippen LogP contribution in [0.15, 0.2) is 6.07 Å². The molecule has 0 atom stereocenters. The lowest BCUT2D eigenvalue weighted by Crippen LogP contribution is -2.10. The minimum Gasteiger partial charge on any atom is -0.469 e. The van der Waals surface area contributed by atoms with Gasteiger partial charge in [-0.1, -0.05) is 15.9 Å². The third-order valence-electron chi connectivity index (χ3n) is 2.24. The number of aromatic nitrogens is 1. The van der Waals surface area contributed by atoms with Crippen molar-refractivity contribution in [2.75, 3.05) is 7.11 Å². The monoisotopic (exact) mass is 318 g/mol. The molecule has 1 aromatic heterocycles. The van der Waals surface area contributed by atoms with E-state index < -0.39 is 18.1 Å². The zero-order valence-electron chi connectivity index (χ0n) is 9.41. The average molecular weight is 319 g/mol. The first-order chi connectivity index (χ1) is 8.53. The van der Waals surface area contributed by atoms with Gasteiger partial charge in [-0.3, -0.25) is 4.79 Å². The van der Waals surface area contributed by atoms with Crippen molar-refractivity contribution in [2.24, 2.45) is 0 Å². The molecule has 0 spiro atoms. The maximum absolute atomic E-state index is 12.7. The summed E-state index contributed by atoms with van der Waals surface area (Å²) >= 11 is 3.11. The van der Waals surface area contributed by atoms with Crippen LogP contribution >= 0.6 is 15.9 Å². The van der Waals surface area contributed by atoms with E-state index in [1.54, 1.807) is 6.07 Å². The van der Waals surface area contributed by atoms with E-state index >= 15 is 0 Å². The number of halogens is 3. The van der Waals surface area contributed by atoms with Gasteiger partial charge in [-0.25, -0.2) is 13.8 Å². The molecular weight excluding hydrogens is 310 g/mol. The molecule has 1 aromatic rings. The van der Waals surface area contributed by atoms with Crippen molar-refractivity contribution in [3.05, 3.63) is 28.6 Å². The van der Waals surface area contributed by atoms with E-state index in [1.165, 1.54) is 13.2 Å². The highest BCUT2D eigenvalue weighted by atomic mass is 79.9. The van der Waals surface area contributed by atoms with E-state index in [4.69, 9.17) is 5.26 Å². The Morgan fingerprint density at radius 1 is 1.67 bits per heavy atom. The fourth-order valence-electron chi connectivity index (χ4n) is 1.36. The number of alkyl halides is 3. The molecule has 1 heterocycles. The quantitative estimate of drug-likeness (QED) is 0.632. The first kappa shape index (κ1) is 14.5.